The van der Waals surface area contributed by atoms with Crippen molar-refractivity contribution in [2.45, 2.75) is 13.0 Å². The average molecular weight is 316 g/mol. The van der Waals surface area contributed by atoms with Gasteiger partial charge in [0.05, 0.1) is 17.1 Å². The summed E-state index contributed by atoms with van der Waals surface area (Å²) in [6.07, 6.45) is 0. The molecule has 0 saturated heterocycles. The van der Waals surface area contributed by atoms with Gasteiger partial charge < -0.3 is 10.3 Å². The molecule has 1 atom stereocenters. The van der Waals surface area contributed by atoms with Gasteiger partial charge in [-0.2, -0.15) is 0 Å². The van der Waals surface area contributed by atoms with Crippen LogP contribution in [0.15, 0.2) is 53.0 Å². The minimum Gasteiger partial charge on any atom is -0.369 e. The normalized spacial score (nSPS) is 12.7. The van der Waals surface area contributed by atoms with Crippen LogP contribution in [-0.2, 0) is 0 Å². The molecule has 0 aliphatic rings. The summed E-state index contributed by atoms with van der Waals surface area (Å²) < 4.78 is 3.09. The Hall–Kier alpha value is -1.81. The zero-order valence-corrected chi connectivity index (χ0v) is 12.1. The molecule has 3 nitrogen and oxygen atoms in total. The molecule has 2 aromatic carbocycles. The number of hydrogen-bond acceptors (Lipinski definition) is 2. The highest BCUT2D eigenvalue weighted by atomic mass is 79.9. The van der Waals surface area contributed by atoms with Crippen molar-refractivity contribution in [2.24, 2.45) is 0 Å². The third-order valence-corrected chi connectivity index (χ3v) is 3.84. The highest BCUT2D eigenvalue weighted by Gasteiger charge is 2.15. The molecule has 0 bridgehead atoms. The number of benzene rings is 2. The Kier molecular flexibility index (Phi) is 3.03. The predicted octanol–water partition coefficient (Wildman–Crippen LogP) is 3.99. The van der Waals surface area contributed by atoms with E-state index in [2.05, 4.69) is 50.6 Å². The molecule has 0 saturated carbocycles. The van der Waals surface area contributed by atoms with Crippen LogP contribution in [0.4, 0.5) is 5.95 Å². The molecule has 0 radical (unpaired) electrons. The number of nitrogens with two attached hydrogens (primary N) is 1. The lowest BCUT2D eigenvalue weighted by Gasteiger charge is -2.16. The summed E-state index contributed by atoms with van der Waals surface area (Å²) in [6.45, 7) is 2.13. The zero-order chi connectivity index (χ0) is 13.4. The lowest BCUT2D eigenvalue weighted by Crippen LogP contribution is -2.10. The van der Waals surface area contributed by atoms with Crippen molar-refractivity contribution < 1.29 is 0 Å². The minimum atomic E-state index is 0.153. The first-order valence-electron chi connectivity index (χ1n) is 6.15. The Morgan fingerprint density at radius 3 is 2.63 bits per heavy atom. The Balaban J connectivity index is 2.19. The second-order valence-corrected chi connectivity index (χ2v) is 5.48. The number of imidazole rings is 1. The van der Waals surface area contributed by atoms with Crippen LogP contribution in [0.3, 0.4) is 0 Å². The second-order valence-electron chi connectivity index (χ2n) is 4.56. The van der Waals surface area contributed by atoms with Crippen LogP contribution in [-0.4, -0.2) is 9.55 Å². The summed E-state index contributed by atoms with van der Waals surface area (Å²) in [7, 11) is 0. The lowest BCUT2D eigenvalue weighted by atomic mass is 10.1. The molecule has 2 N–H and O–H groups in total. The van der Waals surface area contributed by atoms with Crippen molar-refractivity contribution in [2.75, 3.05) is 5.73 Å². The molecule has 3 rings (SSSR count). The van der Waals surface area contributed by atoms with Crippen LogP contribution >= 0.6 is 15.9 Å². The van der Waals surface area contributed by atoms with E-state index in [1.807, 2.05) is 30.3 Å². The van der Waals surface area contributed by atoms with Crippen LogP contribution in [0.2, 0.25) is 0 Å². The molecule has 0 spiro atoms. The van der Waals surface area contributed by atoms with Crippen molar-refractivity contribution in [3.05, 3.63) is 58.6 Å². The van der Waals surface area contributed by atoms with Gasteiger partial charge >= 0.3 is 0 Å². The molecule has 96 valence electrons. The van der Waals surface area contributed by atoms with Crippen molar-refractivity contribution >= 4 is 32.9 Å². The van der Waals surface area contributed by atoms with E-state index < -0.39 is 0 Å². The summed E-state index contributed by atoms with van der Waals surface area (Å²) >= 11 is 3.50. The molecule has 0 amide bonds. The number of rotatable bonds is 2. The molecule has 0 aliphatic heterocycles. The molecule has 1 aromatic heterocycles. The lowest BCUT2D eigenvalue weighted by molar-refractivity contribution is 0.668. The first kappa shape index (κ1) is 12.2. The maximum absolute atomic E-state index is 6.08. The van der Waals surface area contributed by atoms with Crippen molar-refractivity contribution in [3.63, 3.8) is 0 Å². The number of nitrogens with zero attached hydrogens (tertiary/aromatic N) is 2. The SMILES string of the molecule is CC(c1ccccc1)n1c(N)nc2ccc(Br)cc21. The van der Waals surface area contributed by atoms with Gasteiger partial charge in [-0.05, 0) is 30.7 Å². The predicted molar refractivity (Wildman–Crippen MR) is 82.1 cm³/mol. The molecular formula is C15H14BrN3. The Bertz CT molecular complexity index is 719. The monoisotopic (exact) mass is 315 g/mol. The Morgan fingerprint density at radius 2 is 1.89 bits per heavy atom. The van der Waals surface area contributed by atoms with E-state index >= 15 is 0 Å². The maximum Gasteiger partial charge on any atom is 0.201 e. The molecule has 1 heterocycles. The Morgan fingerprint density at radius 1 is 1.16 bits per heavy atom. The van der Waals surface area contributed by atoms with E-state index in [1.54, 1.807) is 0 Å². The number of halogens is 1. The van der Waals surface area contributed by atoms with E-state index in [0.29, 0.717) is 5.95 Å². The summed E-state index contributed by atoms with van der Waals surface area (Å²) in [5, 5.41) is 0. The highest BCUT2D eigenvalue weighted by Crippen LogP contribution is 2.28. The van der Waals surface area contributed by atoms with Gasteiger partial charge in [-0.25, -0.2) is 4.98 Å². The zero-order valence-electron chi connectivity index (χ0n) is 10.5. The average Bonchev–Trinajstić information content (AvgIpc) is 2.74. The van der Waals surface area contributed by atoms with Gasteiger partial charge in [0.2, 0.25) is 5.95 Å². The Labute approximate surface area is 120 Å². The van der Waals surface area contributed by atoms with E-state index in [4.69, 9.17) is 5.73 Å². The number of hydrogen-bond donors (Lipinski definition) is 1. The van der Waals surface area contributed by atoms with Gasteiger partial charge in [0, 0.05) is 4.47 Å². The third kappa shape index (κ3) is 2.12. The molecular weight excluding hydrogens is 302 g/mol. The molecule has 3 aromatic rings. The fraction of sp³-hybridized carbons (Fsp3) is 0.133. The molecule has 0 aliphatic carbocycles. The summed E-state index contributed by atoms with van der Waals surface area (Å²) in [5.74, 6) is 0.546. The van der Waals surface area contributed by atoms with Gasteiger partial charge in [0.1, 0.15) is 0 Å². The first-order valence-corrected chi connectivity index (χ1v) is 6.94. The molecule has 0 fully saturated rings. The van der Waals surface area contributed by atoms with Crippen LogP contribution in [0, 0.1) is 0 Å². The van der Waals surface area contributed by atoms with Gasteiger partial charge in [-0.1, -0.05) is 46.3 Å². The van der Waals surface area contributed by atoms with Crippen LogP contribution in [0.1, 0.15) is 18.5 Å². The summed E-state index contributed by atoms with van der Waals surface area (Å²) in [5.41, 5.74) is 9.26. The smallest absolute Gasteiger partial charge is 0.201 e. The summed E-state index contributed by atoms with van der Waals surface area (Å²) in [6, 6.07) is 16.5. The van der Waals surface area contributed by atoms with Gasteiger partial charge in [0.15, 0.2) is 0 Å². The number of fused-ring (bicyclic) bond motifs is 1. The van der Waals surface area contributed by atoms with E-state index in [9.17, 15) is 0 Å². The molecule has 4 heteroatoms. The second kappa shape index (κ2) is 4.70. The molecule has 1 unspecified atom stereocenters. The first-order chi connectivity index (χ1) is 9.16. The standard InChI is InChI=1S/C15H14BrN3/c1-10(11-5-3-2-4-6-11)19-14-9-12(16)7-8-13(14)18-15(19)17/h2-10H,1H3,(H2,17,18). The number of nitrogen functional groups attached to an aromatic ring is 1. The van der Waals surface area contributed by atoms with E-state index in [1.165, 1.54) is 5.56 Å². The fourth-order valence-electron chi connectivity index (χ4n) is 2.37. The molecule has 19 heavy (non-hydrogen) atoms. The van der Waals surface area contributed by atoms with Gasteiger partial charge in [-0.15, -0.1) is 0 Å². The van der Waals surface area contributed by atoms with Crippen LogP contribution in [0.5, 0.6) is 0 Å². The van der Waals surface area contributed by atoms with E-state index in [0.717, 1.165) is 15.5 Å². The topological polar surface area (TPSA) is 43.8 Å². The quantitative estimate of drug-likeness (QED) is 0.777. The summed E-state index contributed by atoms with van der Waals surface area (Å²) in [4.78, 5) is 4.42. The van der Waals surface area contributed by atoms with Crippen LogP contribution in [0.25, 0.3) is 11.0 Å². The van der Waals surface area contributed by atoms with Gasteiger partial charge in [0.25, 0.3) is 0 Å². The van der Waals surface area contributed by atoms with Crippen molar-refractivity contribution in [3.8, 4) is 0 Å². The van der Waals surface area contributed by atoms with Crippen molar-refractivity contribution in [1.82, 2.24) is 9.55 Å². The number of anilines is 1. The highest BCUT2D eigenvalue weighted by molar-refractivity contribution is 9.10. The maximum atomic E-state index is 6.08. The fourth-order valence-corrected chi connectivity index (χ4v) is 2.72. The number of aromatic nitrogens is 2. The van der Waals surface area contributed by atoms with E-state index in [-0.39, 0.29) is 6.04 Å². The van der Waals surface area contributed by atoms with Crippen molar-refractivity contribution in [1.29, 1.82) is 0 Å². The minimum absolute atomic E-state index is 0.153. The van der Waals surface area contributed by atoms with Gasteiger partial charge in [-0.3, -0.25) is 0 Å². The van der Waals surface area contributed by atoms with Crippen LogP contribution < -0.4 is 5.73 Å². The third-order valence-electron chi connectivity index (χ3n) is 3.35. The largest absolute Gasteiger partial charge is 0.369 e.